The first kappa shape index (κ1) is 10.4. The van der Waals surface area contributed by atoms with Crippen LogP contribution >= 0.6 is 11.8 Å². The molecule has 0 spiro atoms. The van der Waals surface area contributed by atoms with Crippen molar-refractivity contribution < 1.29 is 0 Å². The normalized spacial score (nSPS) is 37.5. The number of hydrogen-bond donors (Lipinski definition) is 1. The molecule has 1 nitrogen and oxygen atoms in total. The van der Waals surface area contributed by atoms with Crippen molar-refractivity contribution >= 4 is 11.8 Å². The zero-order valence-corrected chi connectivity index (χ0v) is 9.29. The van der Waals surface area contributed by atoms with Crippen molar-refractivity contribution in [3.8, 4) is 0 Å². The maximum absolute atomic E-state index is 5.81. The minimum absolute atomic E-state index is 0.453. The summed E-state index contributed by atoms with van der Waals surface area (Å²) in [6.45, 7) is 7.76. The second-order valence-corrected chi connectivity index (χ2v) is 6.14. The van der Waals surface area contributed by atoms with Gasteiger partial charge in [-0.15, -0.1) is 0 Å². The molecule has 1 aliphatic carbocycles. The lowest BCUT2D eigenvalue weighted by Gasteiger charge is -2.46. The van der Waals surface area contributed by atoms with Crippen LogP contribution in [0.4, 0.5) is 0 Å². The van der Waals surface area contributed by atoms with Crippen LogP contribution in [0.3, 0.4) is 0 Å². The molecule has 1 aliphatic rings. The van der Waals surface area contributed by atoms with Gasteiger partial charge in [-0.05, 0) is 25.2 Å². The molecule has 0 radical (unpaired) electrons. The molecule has 1 fully saturated rings. The Balaban J connectivity index is 2.36. The monoisotopic (exact) mass is 187 g/mol. The fourth-order valence-electron chi connectivity index (χ4n) is 2.03. The lowest BCUT2D eigenvalue weighted by Crippen LogP contribution is -2.47. The molecule has 2 N–H and O–H groups in total. The standard InChI is InChI=1S/C10H21NS/c1-4-9(3)12-10(7-11)5-8(2)6-10/h8-9H,4-7,11H2,1-3H3. The highest BCUT2D eigenvalue weighted by Crippen LogP contribution is 2.49. The molecule has 1 atom stereocenters. The van der Waals surface area contributed by atoms with Crippen molar-refractivity contribution in [1.82, 2.24) is 0 Å². The number of nitrogens with two attached hydrogens (primary N) is 1. The highest BCUT2D eigenvalue weighted by atomic mass is 32.2. The molecule has 72 valence electrons. The summed E-state index contributed by atoms with van der Waals surface area (Å²) in [5.41, 5.74) is 5.81. The van der Waals surface area contributed by atoms with Gasteiger partial charge in [0.1, 0.15) is 0 Å². The van der Waals surface area contributed by atoms with Gasteiger partial charge in [0, 0.05) is 16.5 Å². The average Bonchev–Trinajstić information content (AvgIpc) is 2.01. The first-order valence-electron chi connectivity index (χ1n) is 5.00. The van der Waals surface area contributed by atoms with Gasteiger partial charge in [0.25, 0.3) is 0 Å². The minimum atomic E-state index is 0.453. The minimum Gasteiger partial charge on any atom is -0.329 e. The second kappa shape index (κ2) is 4.01. The van der Waals surface area contributed by atoms with E-state index < -0.39 is 0 Å². The van der Waals surface area contributed by atoms with Crippen LogP contribution in [-0.2, 0) is 0 Å². The lowest BCUT2D eigenvalue weighted by atomic mass is 9.75. The lowest BCUT2D eigenvalue weighted by molar-refractivity contribution is 0.256. The van der Waals surface area contributed by atoms with Crippen molar-refractivity contribution in [3.63, 3.8) is 0 Å². The third kappa shape index (κ3) is 2.17. The molecule has 0 heterocycles. The summed E-state index contributed by atoms with van der Waals surface area (Å²) >= 11 is 2.11. The number of hydrogen-bond acceptors (Lipinski definition) is 2. The van der Waals surface area contributed by atoms with Gasteiger partial charge in [0.2, 0.25) is 0 Å². The second-order valence-electron chi connectivity index (χ2n) is 4.24. The van der Waals surface area contributed by atoms with Crippen LogP contribution in [0.15, 0.2) is 0 Å². The number of rotatable bonds is 4. The molecule has 0 aromatic heterocycles. The van der Waals surface area contributed by atoms with E-state index in [4.69, 9.17) is 5.73 Å². The predicted molar refractivity (Wildman–Crippen MR) is 57.5 cm³/mol. The summed E-state index contributed by atoms with van der Waals surface area (Å²) in [5.74, 6) is 0.908. The Hall–Kier alpha value is 0.310. The molecule has 1 saturated carbocycles. The van der Waals surface area contributed by atoms with E-state index in [1.54, 1.807) is 0 Å². The Bertz CT molecular complexity index is 141. The molecule has 0 saturated heterocycles. The first-order valence-corrected chi connectivity index (χ1v) is 5.87. The molecule has 0 amide bonds. The molecule has 0 aliphatic heterocycles. The molecule has 0 bridgehead atoms. The van der Waals surface area contributed by atoms with Crippen molar-refractivity contribution in [3.05, 3.63) is 0 Å². The molecule has 2 heteroatoms. The summed E-state index contributed by atoms with van der Waals surface area (Å²) in [7, 11) is 0. The van der Waals surface area contributed by atoms with Gasteiger partial charge in [-0.25, -0.2) is 0 Å². The van der Waals surface area contributed by atoms with Crippen LogP contribution in [0.2, 0.25) is 0 Å². The van der Waals surface area contributed by atoms with Gasteiger partial charge in [0.05, 0.1) is 0 Å². The quantitative estimate of drug-likeness (QED) is 0.732. The third-order valence-corrected chi connectivity index (χ3v) is 4.57. The maximum atomic E-state index is 5.81. The zero-order valence-electron chi connectivity index (χ0n) is 8.47. The Labute approximate surface area is 80.5 Å². The zero-order chi connectivity index (χ0) is 9.19. The summed E-state index contributed by atoms with van der Waals surface area (Å²) in [5, 5.41) is 0.779. The van der Waals surface area contributed by atoms with Crippen molar-refractivity contribution in [1.29, 1.82) is 0 Å². The average molecular weight is 187 g/mol. The van der Waals surface area contributed by atoms with E-state index in [-0.39, 0.29) is 0 Å². The highest BCUT2D eigenvalue weighted by Gasteiger charge is 2.41. The van der Waals surface area contributed by atoms with Crippen molar-refractivity contribution in [2.24, 2.45) is 11.7 Å². The molecular formula is C10H21NS. The molecule has 12 heavy (non-hydrogen) atoms. The highest BCUT2D eigenvalue weighted by molar-refractivity contribution is 8.01. The summed E-state index contributed by atoms with van der Waals surface area (Å²) < 4.78 is 0.453. The fourth-order valence-corrected chi connectivity index (χ4v) is 3.91. The fraction of sp³-hybridized carbons (Fsp3) is 1.00. The third-order valence-electron chi connectivity index (χ3n) is 2.84. The SMILES string of the molecule is CCC(C)SC1(CN)CC(C)C1. The van der Waals surface area contributed by atoms with E-state index in [2.05, 4.69) is 32.5 Å². The smallest absolute Gasteiger partial charge is 0.0290 e. The summed E-state index contributed by atoms with van der Waals surface area (Å²) in [6, 6.07) is 0. The summed E-state index contributed by atoms with van der Waals surface area (Å²) in [6.07, 6.45) is 3.93. The Morgan fingerprint density at radius 2 is 2.17 bits per heavy atom. The molecule has 1 unspecified atom stereocenters. The van der Waals surface area contributed by atoms with E-state index in [0.717, 1.165) is 17.7 Å². The van der Waals surface area contributed by atoms with E-state index in [9.17, 15) is 0 Å². The van der Waals surface area contributed by atoms with Gasteiger partial charge >= 0.3 is 0 Å². The van der Waals surface area contributed by atoms with Gasteiger partial charge in [-0.1, -0.05) is 20.8 Å². The van der Waals surface area contributed by atoms with E-state index in [1.165, 1.54) is 19.3 Å². The molecule has 1 rings (SSSR count). The van der Waals surface area contributed by atoms with Crippen LogP contribution in [0.25, 0.3) is 0 Å². The topological polar surface area (TPSA) is 26.0 Å². The molecule has 0 aromatic rings. The Morgan fingerprint density at radius 1 is 1.58 bits per heavy atom. The molecular weight excluding hydrogens is 166 g/mol. The summed E-state index contributed by atoms with van der Waals surface area (Å²) in [4.78, 5) is 0. The van der Waals surface area contributed by atoms with Crippen LogP contribution in [0.1, 0.15) is 40.0 Å². The van der Waals surface area contributed by atoms with Crippen LogP contribution in [0, 0.1) is 5.92 Å². The van der Waals surface area contributed by atoms with Crippen LogP contribution < -0.4 is 5.73 Å². The Kier molecular flexibility index (Phi) is 3.47. The van der Waals surface area contributed by atoms with E-state index in [0.29, 0.717) is 4.75 Å². The van der Waals surface area contributed by atoms with Gasteiger partial charge < -0.3 is 5.73 Å². The predicted octanol–water partition coefficient (Wildman–Crippen LogP) is 2.65. The van der Waals surface area contributed by atoms with Gasteiger partial charge in [-0.3, -0.25) is 0 Å². The largest absolute Gasteiger partial charge is 0.329 e. The molecule has 0 aromatic carbocycles. The van der Waals surface area contributed by atoms with Gasteiger partial charge in [-0.2, -0.15) is 11.8 Å². The van der Waals surface area contributed by atoms with Crippen molar-refractivity contribution in [2.75, 3.05) is 6.54 Å². The first-order chi connectivity index (χ1) is 5.62. The number of thioether (sulfide) groups is 1. The van der Waals surface area contributed by atoms with Gasteiger partial charge in [0.15, 0.2) is 0 Å². The van der Waals surface area contributed by atoms with Crippen LogP contribution in [0.5, 0.6) is 0 Å². The van der Waals surface area contributed by atoms with E-state index in [1.807, 2.05) is 0 Å². The Morgan fingerprint density at radius 3 is 2.50 bits per heavy atom. The van der Waals surface area contributed by atoms with Crippen LogP contribution in [-0.4, -0.2) is 16.5 Å². The van der Waals surface area contributed by atoms with Crippen molar-refractivity contribution in [2.45, 2.75) is 50.0 Å². The maximum Gasteiger partial charge on any atom is 0.0290 e. The van der Waals surface area contributed by atoms with E-state index >= 15 is 0 Å².